The molecule has 1 fully saturated rings. The van der Waals surface area contributed by atoms with Crippen LogP contribution < -0.4 is 0 Å². The van der Waals surface area contributed by atoms with Crippen molar-refractivity contribution >= 4 is 54.6 Å². The predicted molar refractivity (Wildman–Crippen MR) is 211 cm³/mol. The standard InChI is InChI=1S/C37H62BrN4O14P.V/c1-36(2,33(45)53-15-11-9-7-5-6-8-10-12-30-28-41(57-4)40-39-30)29-37(3,38)34(46)54-26-24-51-22-20-49-18-16-48-17-19-50-21-23-52-25-27-55-35(47)56-42-31(43)13-14-32(42)44;/h28,57H,5-27,29H2,1-4H3;. The van der Waals surface area contributed by atoms with Gasteiger partial charge in [0.2, 0.25) is 0 Å². The Labute approximate surface area is 363 Å². The van der Waals surface area contributed by atoms with Gasteiger partial charge in [-0.2, -0.15) is 0 Å². The van der Waals surface area contributed by atoms with Crippen LogP contribution >= 0.6 is 24.7 Å². The number of carbonyl (C=O) groups is 5. The van der Waals surface area contributed by atoms with Crippen molar-refractivity contribution in [3.8, 4) is 0 Å². The van der Waals surface area contributed by atoms with E-state index in [0.717, 1.165) is 44.2 Å². The molecule has 1 aromatic heterocycles. The Balaban J connectivity index is 0.0000168. The van der Waals surface area contributed by atoms with Gasteiger partial charge in [-0.05, 0) is 53.1 Å². The van der Waals surface area contributed by atoms with E-state index in [2.05, 4.69) is 37.7 Å². The van der Waals surface area contributed by atoms with Crippen molar-refractivity contribution in [2.75, 3.05) is 92.6 Å². The van der Waals surface area contributed by atoms with Crippen LogP contribution in [0.2, 0.25) is 0 Å². The SMILES string of the molecule is CPn1cc(CCCCCCCCCOC(=O)C(C)(C)CC(C)(Br)C(=O)OCCOCCOCCOCCOCCOCCOC(=O)ON2C(=O)CCC2=O)nn1.[V]. The summed E-state index contributed by atoms with van der Waals surface area (Å²) in [6, 6.07) is 0. The summed E-state index contributed by atoms with van der Waals surface area (Å²) < 4.78 is 43.5. The molecule has 331 valence electrons. The van der Waals surface area contributed by atoms with Crippen molar-refractivity contribution in [1.82, 2.24) is 19.8 Å². The molecule has 1 aliphatic heterocycles. The largest absolute Gasteiger partial charge is 0.534 e. The first-order chi connectivity index (χ1) is 27.4. The number of halogens is 1. The molecule has 2 atom stereocenters. The van der Waals surface area contributed by atoms with E-state index in [1.54, 1.807) is 20.8 Å². The summed E-state index contributed by atoms with van der Waals surface area (Å²) >= 11 is 3.46. The molecule has 0 bridgehead atoms. The molecule has 2 heterocycles. The van der Waals surface area contributed by atoms with E-state index in [4.69, 9.17) is 37.9 Å². The Morgan fingerprint density at radius 3 is 1.62 bits per heavy atom. The van der Waals surface area contributed by atoms with Crippen LogP contribution in [-0.2, 0) is 86.9 Å². The van der Waals surface area contributed by atoms with Crippen molar-refractivity contribution in [3.05, 3.63) is 11.9 Å². The van der Waals surface area contributed by atoms with Gasteiger partial charge in [-0.1, -0.05) is 58.3 Å². The van der Waals surface area contributed by atoms with Gasteiger partial charge in [-0.3, -0.25) is 24.0 Å². The Kier molecular flexibility index (Phi) is 29.3. The molecule has 18 nitrogen and oxygen atoms in total. The fourth-order valence-electron chi connectivity index (χ4n) is 5.42. The molecular weight excluding hydrogens is 886 g/mol. The minimum Gasteiger partial charge on any atom is -0.465 e. The van der Waals surface area contributed by atoms with E-state index >= 15 is 0 Å². The number of hydrogen-bond donors (Lipinski definition) is 0. The number of amides is 2. The number of unbranched alkanes of at least 4 members (excludes halogenated alkanes) is 6. The number of carbonyl (C=O) groups excluding carboxylic acids is 5. The number of hydrogen-bond acceptors (Lipinski definition) is 16. The molecule has 21 heteroatoms. The number of imide groups is 1. The van der Waals surface area contributed by atoms with Crippen LogP contribution in [0.15, 0.2) is 6.20 Å². The van der Waals surface area contributed by atoms with Crippen LogP contribution in [0.1, 0.15) is 90.7 Å². The maximum absolute atomic E-state index is 12.8. The normalized spacial score (nSPS) is 14.1. The maximum Gasteiger partial charge on any atom is 0.534 e. The topological polar surface area (TPSA) is 202 Å². The number of ether oxygens (including phenoxy) is 8. The minimum absolute atomic E-state index is 0. The molecule has 1 radical (unpaired) electrons. The molecule has 58 heavy (non-hydrogen) atoms. The predicted octanol–water partition coefficient (Wildman–Crippen LogP) is 4.58. The molecule has 1 aliphatic rings. The first-order valence-electron chi connectivity index (χ1n) is 19.6. The smallest absolute Gasteiger partial charge is 0.465 e. The zero-order valence-electron chi connectivity index (χ0n) is 34.4. The molecule has 1 saturated heterocycles. The fourth-order valence-corrected chi connectivity index (χ4v) is 6.64. The molecule has 2 amide bonds. The molecule has 1 aromatic rings. The summed E-state index contributed by atoms with van der Waals surface area (Å²) in [5, 5.41) is 8.68. The van der Waals surface area contributed by atoms with Gasteiger partial charge in [0.15, 0.2) is 0 Å². The van der Waals surface area contributed by atoms with Gasteiger partial charge in [-0.25, -0.2) is 9.25 Å². The van der Waals surface area contributed by atoms with Crippen LogP contribution in [0.4, 0.5) is 4.79 Å². The van der Waals surface area contributed by atoms with Crippen LogP contribution in [0.3, 0.4) is 0 Å². The number of esters is 2. The van der Waals surface area contributed by atoms with E-state index in [0.29, 0.717) is 66.6 Å². The van der Waals surface area contributed by atoms with Crippen molar-refractivity contribution in [2.45, 2.75) is 95.7 Å². The average Bonchev–Trinajstić information content (AvgIpc) is 3.77. The molecule has 0 aliphatic carbocycles. The Morgan fingerprint density at radius 2 is 1.12 bits per heavy atom. The first-order valence-corrected chi connectivity index (χ1v) is 21.8. The van der Waals surface area contributed by atoms with Gasteiger partial charge in [0, 0.05) is 40.1 Å². The number of rotatable bonds is 34. The van der Waals surface area contributed by atoms with Gasteiger partial charge in [0.25, 0.3) is 11.8 Å². The second kappa shape index (κ2) is 31.6. The van der Waals surface area contributed by atoms with Crippen molar-refractivity contribution < 1.29 is 85.3 Å². The molecular formula is C37H62BrN4O14PV. The summed E-state index contributed by atoms with van der Waals surface area (Å²) in [5.41, 5.74) is 0.173. The Hall–Kier alpha value is -2.22. The van der Waals surface area contributed by atoms with E-state index in [9.17, 15) is 24.0 Å². The van der Waals surface area contributed by atoms with Crippen LogP contribution in [0.25, 0.3) is 0 Å². The van der Waals surface area contributed by atoms with E-state index in [-0.39, 0.29) is 76.8 Å². The second-order valence-electron chi connectivity index (χ2n) is 14.0. The third-order valence-electron chi connectivity index (χ3n) is 8.40. The number of hydroxylamine groups is 2. The zero-order valence-corrected chi connectivity index (χ0v) is 38.4. The van der Waals surface area contributed by atoms with E-state index in [1.165, 1.54) is 12.8 Å². The van der Waals surface area contributed by atoms with Crippen molar-refractivity contribution in [2.24, 2.45) is 5.41 Å². The Bertz CT molecular complexity index is 1330. The number of aromatic nitrogens is 3. The minimum atomic E-state index is -1.15. The number of aryl methyl sites for hydroxylation is 1. The zero-order chi connectivity index (χ0) is 41.8. The van der Waals surface area contributed by atoms with E-state index in [1.807, 2.05) is 10.6 Å². The van der Waals surface area contributed by atoms with Crippen LogP contribution in [0, 0.1) is 5.41 Å². The van der Waals surface area contributed by atoms with Crippen molar-refractivity contribution in [3.63, 3.8) is 0 Å². The van der Waals surface area contributed by atoms with Gasteiger partial charge in [0.05, 0.1) is 90.0 Å². The molecule has 0 aromatic carbocycles. The summed E-state index contributed by atoms with van der Waals surface area (Å²) in [6.07, 6.45) is 9.59. The number of nitrogens with zero attached hydrogens (tertiary/aromatic N) is 4. The summed E-state index contributed by atoms with van der Waals surface area (Å²) in [7, 11) is 0.610. The third kappa shape index (κ3) is 24.1. The van der Waals surface area contributed by atoms with E-state index < -0.39 is 33.7 Å². The molecule has 0 saturated carbocycles. The van der Waals surface area contributed by atoms with Gasteiger partial charge < -0.3 is 37.9 Å². The van der Waals surface area contributed by atoms with Gasteiger partial charge >= 0.3 is 18.1 Å². The molecule has 0 spiro atoms. The second-order valence-corrected chi connectivity index (χ2v) is 16.6. The average molecular weight is 949 g/mol. The molecule has 0 N–H and O–H groups in total. The maximum atomic E-state index is 12.8. The summed E-state index contributed by atoms with van der Waals surface area (Å²) in [6.45, 7) is 10.6. The van der Waals surface area contributed by atoms with Crippen molar-refractivity contribution in [1.29, 1.82) is 0 Å². The summed E-state index contributed by atoms with van der Waals surface area (Å²) in [4.78, 5) is 64.4. The number of alkyl halides is 1. The monoisotopic (exact) mass is 947 g/mol. The quantitative estimate of drug-likeness (QED) is 0.0232. The van der Waals surface area contributed by atoms with Crippen LogP contribution in [-0.4, -0.2) is 147 Å². The van der Waals surface area contributed by atoms with Gasteiger partial charge in [0.1, 0.15) is 17.5 Å². The summed E-state index contributed by atoms with van der Waals surface area (Å²) in [5.74, 6) is -1.99. The van der Waals surface area contributed by atoms with Crippen LogP contribution in [0.5, 0.6) is 0 Å². The molecule has 2 unspecified atom stereocenters. The first kappa shape index (κ1) is 53.8. The van der Waals surface area contributed by atoms with Gasteiger partial charge in [-0.15, -0.1) is 5.10 Å². The fraction of sp³-hybridized carbons (Fsp3) is 0.811. The third-order valence-corrected chi connectivity index (χ3v) is 9.68. The Morgan fingerprint density at radius 1 is 0.672 bits per heavy atom. The molecule has 2 rings (SSSR count).